The minimum atomic E-state index is -0.334. The predicted octanol–water partition coefficient (Wildman–Crippen LogP) is 9.09. The number of fused-ring (bicyclic) bond motifs is 6. The van der Waals surface area contributed by atoms with Crippen LogP contribution < -0.4 is 21.2 Å². The Morgan fingerprint density at radius 2 is 1.18 bits per heavy atom. The van der Waals surface area contributed by atoms with Crippen molar-refractivity contribution in [2.24, 2.45) is 9.98 Å². The number of aromatic nitrogens is 4. The molecule has 2 aliphatic heterocycles. The molecule has 2 aliphatic rings. The number of hydrogen-bond acceptors (Lipinski definition) is 6. The SMILES string of the molecule is Cc1ccc(-c2cc3c(c4ccccc24)=NCCC=3)cc1-c1nc(-c2ccccc2)nc(-c2cc(-c3cc4c(c5ncccc35)=NCCC=4)cc(C(C)C)c2F)n1. The molecule has 0 amide bonds. The van der Waals surface area contributed by atoms with Crippen LogP contribution in [0, 0.1) is 12.7 Å². The Hall–Kier alpha value is -6.73. The summed E-state index contributed by atoms with van der Waals surface area (Å²) in [6.45, 7) is 7.64. The van der Waals surface area contributed by atoms with Crippen molar-refractivity contribution < 1.29 is 4.39 Å². The van der Waals surface area contributed by atoms with Gasteiger partial charge in [0.2, 0.25) is 0 Å². The summed E-state index contributed by atoms with van der Waals surface area (Å²) in [5.74, 6) is 0.809. The second-order valence-corrected chi connectivity index (χ2v) is 15.2. The normalized spacial score (nSPS) is 13.4. The van der Waals surface area contributed by atoms with E-state index in [2.05, 4.69) is 79.7 Å². The van der Waals surface area contributed by atoms with Gasteiger partial charge in [-0.1, -0.05) is 98.8 Å². The van der Waals surface area contributed by atoms with Crippen LogP contribution in [0.2, 0.25) is 0 Å². The summed E-state index contributed by atoms with van der Waals surface area (Å²) in [6, 6.07) is 37.1. The van der Waals surface area contributed by atoms with Crippen molar-refractivity contribution in [2.75, 3.05) is 13.1 Å². The van der Waals surface area contributed by atoms with Gasteiger partial charge in [0.05, 0.1) is 21.8 Å². The van der Waals surface area contributed by atoms with Crippen molar-refractivity contribution in [1.82, 2.24) is 19.9 Å². The third kappa shape index (κ3) is 6.11. The maximum Gasteiger partial charge on any atom is 0.167 e. The van der Waals surface area contributed by atoms with Crippen LogP contribution in [-0.4, -0.2) is 33.0 Å². The lowest BCUT2D eigenvalue weighted by Gasteiger charge is -2.17. The molecule has 6 aromatic carbocycles. The molecule has 0 atom stereocenters. The average Bonchev–Trinajstić information content (AvgIpc) is 3.26. The second kappa shape index (κ2) is 14.1. The Labute approximate surface area is 329 Å². The smallest absolute Gasteiger partial charge is 0.167 e. The quantitative estimate of drug-likeness (QED) is 0.170. The number of halogens is 1. The molecule has 0 unspecified atom stereocenters. The van der Waals surface area contributed by atoms with E-state index in [4.69, 9.17) is 29.9 Å². The lowest BCUT2D eigenvalue weighted by molar-refractivity contribution is 0.601. The Morgan fingerprint density at radius 1 is 0.544 bits per heavy atom. The zero-order valence-corrected chi connectivity index (χ0v) is 32.1. The highest BCUT2D eigenvalue weighted by atomic mass is 19.1. The molecular formula is C50H39FN6. The van der Waals surface area contributed by atoms with Crippen LogP contribution in [0.15, 0.2) is 125 Å². The van der Waals surface area contributed by atoms with E-state index < -0.39 is 0 Å². The third-order valence-electron chi connectivity index (χ3n) is 11.2. The van der Waals surface area contributed by atoms with Gasteiger partial charge in [0.15, 0.2) is 17.5 Å². The minimum Gasteiger partial charge on any atom is -0.284 e. The number of rotatable bonds is 6. The van der Waals surface area contributed by atoms with Gasteiger partial charge in [-0.2, -0.15) is 0 Å². The van der Waals surface area contributed by atoms with Crippen LogP contribution in [0.3, 0.4) is 0 Å². The molecule has 7 heteroatoms. The van der Waals surface area contributed by atoms with Crippen molar-refractivity contribution >= 4 is 33.8 Å². The molecule has 0 spiro atoms. The van der Waals surface area contributed by atoms with Gasteiger partial charge in [0, 0.05) is 41.2 Å². The van der Waals surface area contributed by atoms with Crippen molar-refractivity contribution in [2.45, 2.75) is 39.5 Å². The molecule has 10 rings (SSSR count). The maximum absolute atomic E-state index is 17.1. The standard InChI is InChI=1S/C50H39FN6/c1-29(2)39-27-35(42-26-34-15-10-22-53-46(34)47-38(42)18-11-23-54-47)28-43(44(39)51)50-56-48(31-12-5-4-6-13-31)55-49(57-50)40-24-32(20-19-30(40)3)41-25-33-14-9-21-52-45(33)37-17-8-7-16-36(37)41/h4-8,11-20,23-29H,9-10,21-22H2,1-3H3. The topological polar surface area (TPSA) is 76.3 Å². The first kappa shape index (κ1) is 34.7. The molecule has 0 fully saturated rings. The van der Waals surface area contributed by atoms with Crippen LogP contribution in [0.5, 0.6) is 0 Å². The fraction of sp³-hybridized carbons (Fsp3) is 0.160. The van der Waals surface area contributed by atoms with Crippen molar-refractivity contribution in [3.63, 3.8) is 0 Å². The molecule has 2 aromatic heterocycles. The van der Waals surface area contributed by atoms with E-state index in [9.17, 15) is 0 Å². The largest absolute Gasteiger partial charge is 0.284 e. The summed E-state index contributed by atoms with van der Waals surface area (Å²) in [5.41, 5.74) is 8.46. The summed E-state index contributed by atoms with van der Waals surface area (Å²) in [5, 5.41) is 7.42. The second-order valence-electron chi connectivity index (χ2n) is 15.2. The van der Waals surface area contributed by atoms with Crippen molar-refractivity contribution in [3.8, 4) is 56.4 Å². The van der Waals surface area contributed by atoms with E-state index in [-0.39, 0.29) is 17.6 Å². The summed E-state index contributed by atoms with van der Waals surface area (Å²) >= 11 is 0. The highest BCUT2D eigenvalue weighted by Crippen LogP contribution is 2.37. The van der Waals surface area contributed by atoms with Crippen molar-refractivity contribution in [1.29, 1.82) is 0 Å². The Bertz CT molecular complexity index is 3190. The monoisotopic (exact) mass is 742 g/mol. The zero-order valence-electron chi connectivity index (χ0n) is 32.1. The van der Waals surface area contributed by atoms with Gasteiger partial charge in [-0.15, -0.1) is 0 Å². The van der Waals surface area contributed by atoms with E-state index in [1.165, 1.54) is 0 Å². The van der Waals surface area contributed by atoms with Gasteiger partial charge in [-0.05, 0) is 111 Å². The first-order chi connectivity index (χ1) is 27.9. The Morgan fingerprint density at radius 3 is 1.95 bits per heavy atom. The molecule has 0 N–H and O–H groups in total. The predicted molar refractivity (Wildman–Crippen MR) is 228 cm³/mol. The summed E-state index contributed by atoms with van der Waals surface area (Å²) in [7, 11) is 0. The number of benzene rings is 6. The zero-order chi connectivity index (χ0) is 38.6. The third-order valence-corrected chi connectivity index (χ3v) is 11.2. The molecule has 0 aliphatic carbocycles. The molecule has 4 heterocycles. The average molecular weight is 743 g/mol. The van der Waals surface area contributed by atoms with Crippen LogP contribution in [-0.2, 0) is 0 Å². The molecule has 8 aromatic rings. The summed E-state index contributed by atoms with van der Waals surface area (Å²) in [4.78, 5) is 29.8. The van der Waals surface area contributed by atoms with Crippen LogP contribution in [0.25, 0.3) is 90.2 Å². The van der Waals surface area contributed by atoms with Gasteiger partial charge in [0.25, 0.3) is 0 Å². The summed E-state index contributed by atoms with van der Waals surface area (Å²) in [6.07, 6.45) is 8.09. The maximum atomic E-state index is 17.1. The van der Waals surface area contributed by atoms with Crippen LogP contribution in [0.1, 0.15) is 43.7 Å². The molecular weight excluding hydrogens is 704 g/mol. The van der Waals surface area contributed by atoms with E-state index >= 15 is 4.39 Å². The molecule has 0 radical (unpaired) electrons. The number of nitrogens with zero attached hydrogens (tertiary/aromatic N) is 6. The summed E-state index contributed by atoms with van der Waals surface area (Å²) < 4.78 is 17.1. The Kier molecular flexibility index (Phi) is 8.59. The van der Waals surface area contributed by atoms with E-state index in [0.717, 1.165) is 108 Å². The molecule has 276 valence electrons. The lowest BCUT2D eigenvalue weighted by atomic mass is 9.91. The molecule has 0 saturated carbocycles. The first-order valence-electron chi connectivity index (χ1n) is 19.7. The van der Waals surface area contributed by atoms with Crippen molar-refractivity contribution in [3.05, 3.63) is 153 Å². The van der Waals surface area contributed by atoms with Crippen LogP contribution >= 0.6 is 0 Å². The number of hydrogen-bond donors (Lipinski definition) is 0. The molecule has 0 bridgehead atoms. The highest BCUT2D eigenvalue weighted by molar-refractivity contribution is 5.98. The molecule has 0 saturated heterocycles. The van der Waals surface area contributed by atoms with Gasteiger partial charge in [-0.3, -0.25) is 15.0 Å². The first-order valence-corrected chi connectivity index (χ1v) is 19.7. The van der Waals surface area contributed by atoms with Gasteiger partial charge >= 0.3 is 0 Å². The lowest BCUT2D eigenvalue weighted by Crippen LogP contribution is -2.29. The molecule has 57 heavy (non-hydrogen) atoms. The van der Waals surface area contributed by atoms with Gasteiger partial charge in [-0.25, -0.2) is 19.3 Å². The minimum absolute atomic E-state index is 0.0995. The van der Waals surface area contributed by atoms with Crippen LogP contribution in [0.4, 0.5) is 4.39 Å². The Balaban J connectivity index is 1.21. The number of aryl methyl sites for hydroxylation is 1. The fourth-order valence-electron chi connectivity index (χ4n) is 8.30. The molecule has 6 nitrogen and oxygen atoms in total. The number of pyridine rings is 1. The highest BCUT2D eigenvalue weighted by Gasteiger charge is 2.22. The van der Waals surface area contributed by atoms with Gasteiger partial charge in [0.1, 0.15) is 5.82 Å². The van der Waals surface area contributed by atoms with E-state index in [0.29, 0.717) is 22.8 Å². The fourth-order valence-corrected chi connectivity index (χ4v) is 8.30. The van der Waals surface area contributed by atoms with E-state index in [1.54, 1.807) is 0 Å². The van der Waals surface area contributed by atoms with E-state index in [1.807, 2.05) is 68.6 Å². The van der Waals surface area contributed by atoms with Gasteiger partial charge < -0.3 is 0 Å².